The molecular weight excluding hydrogens is 425 g/mol. The van der Waals surface area contributed by atoms with E-state index in [1.165, 1.54) is 6.07 Å². The number of hydrogen-bond acceptors (Lipinski definition) is 4. The first-order chi connectivity index (χ1) is 14.5. The van der Waals surface area contributed by atoms with E-state index in [-0.39, 0.29) is 24.9 Å². The Balaban J connectivity index is 1.45. The molecule has 0 aliphatic rings. The van der Waals surface area contributed by atoms with E-state index in [4.69, 9.17) is 27.9 Å². The summed E-state index contributed by atoms with van der Waals surface area (Å²) in [5, 5.41) is 6.17. The number of benzene rings is 2. The summed E-state index contributed by atoms with van der Waals surface area (Å²) in [6.45, 7) is 0.897. The molecule has 30 heavy (non-hydrogen) atoms. The highest BCUT2D eigenvalue weighted by Crippen LogP contribution is 2.22. The van der Waals surface area contributed by atoms with Gasteiger partial charge in [0.25, 0.3) is 11.8 Å². The molecule has 0 aliphatic heterocycles. The highest BCUT2D eigenvalue weighted by atomic mass is 35.5. The average molecular weight is 444 g/mol. The van der Waals surface area contributed by atoms with Gasteiger partial charge in [-0.2, -0.15) is 0 Å². The molecule has 1 aromatic heterocycles. The molecule has 0 bridgehead atoms. The number of hydrogen-bond donors (Lipinski definition) is 2. The second-order valence-electron chi connectivity index (χ2n) is 6.32. The van der Waals surface area contributed by atoms with Crippen LogP contribution in [0.4, 0.5) is 0 Å². The quantitative estimate of drug-likeness (QED) is 0.512. The Hall–Kier alpha value is -3.09. The minimum Gasteiger partial charge on any atom is -0.489 e. The smallest absolute Gasteiger partial charge is 0.251 e. The van der Waals surface area contributed by atoms with Crippen molar-refractivity contribution in [2.45, 2.75) is 6.61 Å². The largest absolute Gasteiger partial charge is 0.489 e. The molecule has 0 atom stereocenters. The van der Waals surface area contributed by atoms with Gasteiger partial charge in [0, 0.05) is 42.2 Å². The first-order valence-corrected chi connectivity index (χ1v) is 9.92. The minimum atomic E-state index is -0.298. The fourth-order valence-electron chi connectivity index (χ4n) is 2.57. The van der Waals surface area contributed by atoms with E-state index in [0.29, 0.717) is 33.5 Å². The van der Waals surface area contributed by atoms with Gasteiger partial charge in [0.05, 0.1) is 10.0 Å². The van der Waals surface area contributed by atoms with E-state index in [0.717, 1.165) is 5.56 Å². The van der Waals surface area contributed by atoms with Gasteiger partial charge in [-0.15, -0.1) is 0 Å². The lowest BCUT2D eigenvalue weighted by Gasteiger charge is -2.10. The highest BCUT2D eigenvalue weighted by molar-refractivity contribution is 6.42. The Morgan fingerprint density at radius 1 is 0.867 bits per heavy atom. The van der Waals surface area contributed by atoms with Gasteiger partial charge < -0.3 is 15.4 Å². The summed E-state index contributed by atoms with van der Waals surface area (Å²) in [7, 11) is 0. The maximum atomic E-state index is 12.3. The molecule has 6 nitrogen and oxygen atoms in total. The normalized spacial score (nSPS) is 10.3. The topological polar surface area (TPSA) is 80.3 Å². The highest BCUT2D eigenvalue weighted by Gasteiger charge is 2.09. The van der Waals surface area contributed by atoms with Gasteiger partial charge in [-0.1, -0.05) is 35.3 Å². The molecule has 154 valence electrons. The maximum Gasteiger partial charge on any atom is 0.251 e. The van der Waals surface area contributed by atoms with Crippen LogP contribution in [0, 0.1) is 0 Å². The summed E-state index contributed by atoms with van der Waals surface area (Å²) in [6, 6.07) is 15.3. The number of carbonyl (C=O) groups excluding carboxylic acids is 2. The third-order valence-corrected chi connectivity index (χ3v) is 4.84. The van der Waals surface area contributed by atoms with Crippen LogP contribution >= 0.6 is 23.2 Å². The zero-order valence-electron chi connectivity index (χ0n) is 15.9. The summed E-state index contributed by atoms with van der Waals surface area (Å²) in [6.07, 6.45) is 3.42. The average Bonchev–Trinajstić information content (AvgIpc) is 2.77. The number of halogens is 2. The van der Waals surface area contributed by atoms with Crippen molar-refractivity contribution in [3.8, 4) is 5.75 Å². The van der Waals surface area contributed by atoms with E-state index in [2.05, 4.69) is 15.6 Å². The van der Waals surface area contributed by atoms with Crippen LogP contribution in [0.15, 0.2) is 67.0 Å². The molecule has 0 fully saturated rings. The van der Waals surface area contributed by atoms with Gasteiger partial charge in [0.15, 0.2) is 0 Å². The number of ether oxygens (including phenoxy) is 1. The van der Waals surface area contributed by atoms with E-state index in [1.54, 1.807) is 48.8 Å². The van der Waals surface area contributed by atoms with Crippen LogP contribution in [0.25, 0.3) is 0 Å². The van der Waals surface area contributed by atoms with Crippen LogP contribution in [0.2, 0.25) is 10.0 Å². The zero-order chi connectivity index (χ0) is 21.3. The molecule has 0 unspecified atom stereocenters. The summed E-state index contributed by atoms with van der Waals surface area (Å²) in [5.74, 6) is 0.0265. The van der Waals surface area contributed by atoms with E-state index in [9.17, 15) is 9.59 Å². The lowest BCUT2D eigenvalue weighted by atomic mass is 10.2. The number of nitrogens with zero attached hydrogens (tertiary/aromatic N) is 1. The summed E-state index contributed by atoms with van der Waals surface area (Å²) >= 11 is 11.8. The SMILES string of the molecule is O=C(NCCNC(=O)c1ccc(Cl)c(Cl)c1)c1cccc(OCc2cccnc2)c1. The van der Waals surface area contributed by atoms with Crippen LogP contribution in [-0.4, -0.2) is 29.9 Å². The fourth-order valence-corrected chi connectivity index (χ4v) is 2.87. The van der Waals surface area contributed by atoms with Gasteiger partial charge >= 0.3 is 0 Å². The second-order valence-corrected chi connectivity index (χ2v) is 7.13. The second kappa shape index (κ2) is 10.6. The van der Waals surface area contributed by atoms with E-state index < -0.39 is 0 Å². The van der Waals surface area contributed by atoms with Crippen molar-refractivity contribution in [3.05, 3.63) is 93.7 Å². The Labute approximate surface area is 184 Å². The predicted octanol–water partition coefficient (Wildman–Crippen LogP) is 4.13. The molecule has 0 spiro atoms. The van der Waals surface area contributed by atoms with Crippen LogP contribution in [-0.2, 0) is 6.61 Å². The maximum absolute atomic E-state index is 12.3. The lowest BCUT2D eigenvalue weighted by molar-refractivity contribution is 0.0927. The van der Waals surface area contributed by atoms with E-state index >= 15 is 0 Å². The molecule has 3 rings (SSSR count). The Kier molecular flexibility index (Phi) is 7.65. The van der Waals surface area contributed by atoms with Gasteiger partial charge in [-0.3, -0.25) is 14.6 Å². The molecule has 0 saturated carbocycles. The van der Waals surface area contributed by atoms with Crippen LogP contribution < -0.4 is 15.4 Å². The molecule has 0 aliphatic carbocycles. The van der Waals surface area contributed by atoms with Gasteiger partial charge in [-0.05, 0) is 42.5 Å². The van der Waals surface area contributed by atoms with Crippen LogP contribution in [0.3, 0.4) is 0 Å². The van der Waals surface area contributed by atoms with Gasteiger partial charge in [-0.25, -0.2) is 0 Å². The molecule has 3 aromatic rings. The van der Waals surface area contributed by atoms with Crippen LogP contribution in [0.1, 0.15) is 26.3 Å². The van der Waals surface area contributed by atoms with Gasteiger partial charge in [0.1, 0.15) is 12.4 Å². The number of carbonyl (C=O) groups is 2. The predicted molar refractivity (Wildman–Crippen MR) is 116 cm³/mol. The molecule has 0 saturated heterocycles. The molecule has 2 amide bonds. The molecule has 1 heterocycles. The molecule has 2 aromatic carbocycles. The minimum absolute atomic E-state index is 0.259. The van der Waals surface area contributed by atoms with Gasteiger partial charge in [0.2, 0.25) is 0 Å². The van der Waals surface area contributed by atoms with Crippen molar-refractivity contribution in [1.29, 1.82) is 0 Å². The monoisotopic (exact) mass is 443 g/mol. The Bertz CT molecular complexity index is 1030. The number of aromatic nitrogens is 1. The molecular formula is C22H19Cl2N3O3. The number of amides is 2. The molecule has 8 heteroatoms. The summed E-state index contributed by atoms with van der Waals surface area (Å²) in [4.78, 5) is 28.5. The van der Waals surface area contributed by atoms with Crippen LogP contribution in [0.5, 0.6) is 5.75 Å². The first kappa shape index (κ1) is 21.6. The number of nitrogens with one attached hydrogen (secondary N) is 2. The lowest BCUT2D eigenvalue weighted by Crippen LogP contribution is -2.34. The third-order valence-electron chi connectivity index (χ3n) is 4.10. The first-order valence-electron chi connectivity index (χ1n) is 9.16. The van der Waals surface area contributed by atoms with E-state index in [1.807, 2.05) is 12.1 Å². The van der Waals surface area contributed by atoms with Crippen molar-refractivity contribution < 1.29 is 14.3 Å². The van der Waals surface area contributed by atoms with Crippen molar-refractivity contribution >= 4 is 35.0 Å². The van der Waals surface area contributed by atoms with Crippen molar-refractivity contribution in [2.24, 2.45) is 0 Å². The van der Waals surface area contributed by atoms with Crippen molar-refractivity contribution in [2.75, 3.05) is 13.1 Å². The Morgan fingerprint density at radius 2 is 1.60 bits per heavy atom. The zero-order valence-corrected chi connectivity index (χ0v) is 17.4. The number of pyridine rings is 1. The third kappa shape index (κ3) is 6.20. The number of rotatable bonds is 8. The molecule has 0 radical (unpaired) electrons. The Morgan fingerprint density at radius 3 is 2.27 bits per heavy atom. The fraction of sp³-hybridized carbons (Fsp3) is 0.136. The molecule has 2 N–H and O–H groups in total. The summed E-state index contributed by atoms with van der Waals surface area (Å²) < 4.78 is 5.71. The summed E-state index contributed by atoms with van der Waals surface area (Å²) in [5.41, 5.74) is 1.80. The standard InChI is InChI=1S/C22H19Cl2N3O3/c23-19-7-6-17(12-20(19)24)22(29)27-10-9-26-21(28)16-4-1-5-18(11-16)30-14-15-3-2-8-25-13-15/h1-8,11-13H,9-10,14H2,(H,26,28)(H,27,29). The van der Waals surface area contributed by atoms with Crippen molar-refractivity contribution in [1.82, 2.24) is 15.6 Å². The van der Waals surface area contributed by atoms with Crippen molar-refractivity contribution in [3.63, 3.8) is 0 Å².